The number of benzene rings is 1. The first-order valence-corrected chi connectivity index (χ1v) is 12.4. The number of hydrogen-bond acceptors (Lipinski definition) is 6. The van der Waals surface area contributed by atoms with Gasteiger partial charge >= 0.3 is 11.2 Å². The van der Waals surface area contributed by atoms with Crippen LogP contribution >= 0.6 is 0 Å². The Morgan fingerprint density at radius 1 is 1.03 bits per heavy atom. The van der Waals surface area contributed by atoms with Crippen molar-refractivity contribution in [3.8, 4) is 0 Å². The van der Waals surface area contributed by atoms with E-state index in [-0.39, 0.29) is 17.4 Å². The van der Waals surface area contributed by atoms with Crippen LogP contribution < -0.4 is 10.5 Å². The maximum atomic E-state index is 13.5. The van der Waals surface area contributed by atoms with Gasteiger partial charge in [0.2, 0.25) is 0 Å². The van der Waals surface area contributed by atoms with Crippen LogP contribution in [0.2, 0.25) is 0 Å². The first-order valence-electron chi connectivity index (χ1n) is 12.4. The summed E-state index contributed by atoms with van der Waals surface area (Å²) in [6, 6.07) is 10.7. The molecule has 3 aromatic rings. The lowest BCUT2D eigenvalue weighted by atomic mass is 9.87. The van der Waals surface area contributed by atoms with Gasteiger partial charge in [0.05, 0.1) is 16.7 Å². The number of para-hydroxylation sites is 1. The lowest BCUT2D eigenvalue weighted by Crippen LogP contribution is -2.49. The Morgan fingerprint density at radius 3 is 2.46 bits per heavy atom. The molecular weight excluding hydrogens is 448 g/mol. The van der Waals surface area contributed by atoms with Crippen molar-refractivity contribution < 1.29 is 14.1 Å². The molecule has 1 aromatic carbocycles. The highest BCUT2D eigenvalue weighted by Crippen LogP contribution is 2.35. The number of amides is 1. The normalized spacial score (nSPS) is 17.1. The predicted molar refractivity (Wildman–Crippen MR) is 133 cm³/mol. The molecule has 1 saturated carbocycles. The number of pyridine rings is 1. The van der Waals surface area contributed by atoms with Crippen LogP contribution in [0.4, 0.5) is 11.4 Å². The minimum absolute atomic E-state index is 0.202. The van der Waals surface area contributed by atoms with Crippen LogP contribution in [-0.2, 0) is 6.54 Å². The van der Waals surface area contributed by atoms with Gasteiger partial charge in [-0.15, -0.1) is 0 Å². The number of nitrogens with zero attached hydrogens (tertiary/aromatic N) is 4. The molecule has 1 aliphatic carbocycles. The molecule has 2 aromatic heterocycles. The van der Waals surface area contributed by atoms with Crippen LogP contribution in [-0.4, -0.2) is 46.5 Å². The van der Waals surface area contributed by atoms with Gasteiger partial charge in [-0.3, -0.25) is 19.7 Å². The number of aromatic nitrogens is 1. The fourth-order valence-corrected chi connectivity index (χ4v) is 5.56. The Morgan fingerprint density at radius 2 is 1.77 bits per heavy atom. The highest BCUT2D eigenvalue weighted by atomic mass is 16.6. The van der Waals surface area contributed by atoms with E-state index in [1.807, 2.05) is 29.2 Å². The van der Waals surface area contributed by atoms with E-state index in [4.69, 9.17) is 4.42 Å². The van der Waals surface area contributed by atoms with Crippen LogP contribution in [0.25, 0.3) is 10.9 Å². The van der Waals surface area contributed by atoms with Crippen molar-refractivity contribution in [2.45, 2.75) is 45.1 Å². The molecule has 0 N–H and O–H groups in total. The molecule has 5 rings (SSSR count). The number of rotatable bonds is 6. The molecule has 3 heterocycles. The maximum Gasteiger partial charge on any atom is 0.357 e. The van der Waals surface area contributed by atoms with E-state index < -0.39 is 10.5 Å². The van der Waals surface area contributed by atoms with Crippen molar-refractivity contribution in [3.63, 3.8) is 0 Å². The minimum Gasteiger partial charge on any atom is -0.459 e. The van der Waals surface area contributed by atoms with E-state index in [0.717, 1.165) is 24.8 Å². The molecule has 0 bridgehead atoms. The average Bonchev–Trinajstić information content (AvgIpc) is 3.43. The van der Waals surface area contributed by atoms with E-state index in [2.05, 4.69) is 0 Å². The molecule has 0 atom stereocenters. The molecule has 2 fully saturated rings. The summed E-state index contributed by atoms with van der Waals surface area (Å²) in [5, 5.41) is 12.9. The van der Waals surface area contributed by atoms with Gasteiger partial charge in [0.15, 0.2) is 5.76 Å². The number of carbonyl (C=O) groups is 1. The first kappa shape index (κ1) is 23.1. The average molecular weight is 479 g/mol. The molecule has 0 spiro atoms. The Balaban J connectivity index is 1.46. The second-order valence-electron chi connectivity index (χ2n) is 9.48. The van der Waals surface area contributed by atoms with E-state index in [1.165, 1.54) is 25.5 Å². The maximum absolute atomic E-state index is 13.5. The molecule has 1 saturated heterocycles. The molecule has 1 aliphatic heterocycles. The molecule has 9 nitrogen and oxygen atoms in total. The molecule has 35 heavy (non-hydrogen) atoms. The third-order valence-corrected chi connectivity index (χ3v) is 7.41. The van der Waals surface area contributed by atoms with Crippen LogP contribution in [0.15, 0.2) is 51.9 Å². The highest BCUT2D eigenvalue weighted by Gasteiger charge is 2.32. The monoisotopic (exact) mass is 478 g/mol. The van der Waals surface area contributed by atoms with Gasteiger partial charge < -0.3 is 18.8 Å². The van der Waals surface area contributed by atoms with Crippen molar-refractivity contribution >= 4 is 28.2 Å². The van der Waals surface area contributed by atoms with E-state index in [0.29, 0.717) is 49.7 Å². The summed E-state index contributed by atoms with van der Waals surface area (Å²) < 4.78 is 6.83. The summed E-state index contributed by atoms with van der Waals surface area (Å²) in [6.07, 6.45) is 8.33. The number of furan rings is 1. The SMILES string of the molecule is O=C(c1ccco1)N1CCN(c2c([N+](=O)[O-])c(=O)n(CCC3CCCCC3)c3ccccc23)CC1. The standard InChI is InChI=1S/C26H30N4O5/c31-25(22-11-6-18-35-22)28-16-14-27(15-17-28)23-20-9-4-5-10-21(20)29(26(32)24(23)30(33)34)13-12-19-7-2-1-3-8-19/h4-6,9-11,18-19H,1-3,7-8,12-17H2. The summed E-state index contributed by atoms with van der Waals surface area (Å²) in [5.41, 5.74) is 0.157. The second kappa shape index (κ2) is 9.93. The van der Waals surface area contributed by atoms with Crippen molar-refractivity contribution in [1.29, 1.82) is 0 Å². The van der Waals surface area contributed by atoms with Crippen molar-refractivity contribution in [3.05, 3.63) is 68.9 Å². The van der Waals surface area contributed by atoms with Gasteiger partial charge in [-0.2, -0.15) is 0 Å². The highest BCUT2D eigenvalue weighted by molar-refractivity contribution is 5.97. The number of hydrogen-bond donors (Lipinski definition) is 0. The van der Waals surface area contributed by atoms with Crippen molar-refractivity contribution in [1.82, 2.24) is 9.47 Å². The number of fused-ring (bicyclic) bond motifs is 1. The Bertz CT molecular complexity index is 1270. The van der Waals surface area contributed by atoms with Gasteiger partial charge in [0.25, 0.3) is 5.91 Å². The Hall–Kier alpha value is -3.62. The molecule has 2 aliphatic rings. The van der Waals surface area contributed by atoms with Crippen LogP contribution in [0.3, 0.4) is 0 Å². The van der Waals surface area contributed by atoms with Crippen LogP contribution in [0.1, 0.15) is 49.1 Å². The number of nitro groups is 1. The van der Waals surface area contributed by atoms with Crippen molar-refractivity contribution in [2.24, 2.45) is 5.92 Å². The third-order valence-electron chi connectivity index (χ3n) is 7.41. The topological polar surface area (TPSA) is 102 Å². The van der Waals surface area contributed by atoms with Gasteiger partial charge in [0, 0.05) is 38.1 Å². The molecule has 0 radical (unpaired) electrons. The van der Waals surface area contributed by atoms with Gasteiger partial charge in [-0.05, 0) is 30.5 Å². The quantitative estimate of drug-likeness (QED) is 0.384. The summed E-state index contributed by atoms with van der Waals surface area (Å²) in [6.45, 7) is 2.04. The Labute approximate surface area is 203 Å². The molecule has 184 valence electrons. The zero-order chi connectivity index (χ0) is 24.4. The smallest absolute Gasteiger partial charge is 0.357 e. The zero-order valence-electron chi connectivity index (χ0n) is 19.7. The van der Waals surface area contributed by atoms with Crippen molar-refractivity contribution in [2.75, 3.05) is 31.1 Å². The van der Waals surface area contributed by atoms with Gasteiger partial charge in [0.1, 0.15) is 5.69 Å². The second-order valence-corrected chi connectivity index (χ2v) is 9.48. The largest absolute Gasteiger partial charge is 0.459 e. The van der Waals surface area contributed by atoms with E-state index >= 15 is 0 Å². The molecule has 0 unspecified atom stereocenters. The van der Waals surface area contributed by atoms with E-state index in [1.54, 1.807) is 21.6 Å². The molecule has 1 amide bonds. The number of piperazine rings is 1. The predicted octanol–water partition coefficient (Wildman–Crippen LogP) is 4.44. The fraction of sp³-hybridized carbons (Fsp3) is 0.462. The summed E-state index contributed by atoms with van der Waals surface area (Å²) in [7, 11) is 0. The number of carbonyl (C=O) groups excluding carboxylic acids is 1. The van der Waals surface area contributed by atoms with E-state index in [9.17, 15) is 19.7 Å². The minimum atomic E-state index is -0.548. The summed E-state index contributed by atoms with van der Waals surface area (Å²) in [4.78, 5) is 41.4. The molecule has 9 heteroatoms. The number of aryl methyl sites for hydroxylation is 1. The van der Waals surface area contributed by atoms with Crippen LogP contribution in [0.5, 0.6) is 0 Å². The lowest BCUT2D eigenvalue weighted by molar-refractivity contribution is -0.385. The summed E-state index contributed by atoms with van der Waals surface area (Å²) >= 11 is 0. The summed E-state index contributed by atoms with van der Waals surface area (Å²) in [5.74, 6) is 0.635. The number of anilines is 1. The Kier molecular flexibility index (Phi) is 6.57. The first-order chi connectivity index (χ1) is 17.0. The zero-order valence-corrected chi connectivity index (χ0v) is 19.7. The lowest BCUT2D eigenvalue weighted by Gasteiger charge is -2.36. The third kappa shape index (κ3) is 4.54. The molecular formula is C26H30N4O5. The fourth-order valence-electron chi connectivity index (χ4n) is 5.56. The van der Waals surface area contributed by atoms with Gasteiger partial charge in [-0.1, -0.05) is 50.3 Å². The van der Waals surface area contributed by atoms with Gasteiger partial charge in [-0.25, -0.2) is 0 Å². The van der Waals surface area contributed by atoms with Crippen LogP contribution in [0, 0.1) is 16.0 Å².